The Morgan fingerprint density at radius 2 is 1.91 bits per heavy atom. The molecule has 3 heterocycles. The van der Waals surface area contributed by atoms with Gasteiger partial charge in [-0.15, -0.1) is 0 Å². The van der Waals surface area contributed by atoms with Gasteiger partial charge in [-0.1, -0.05) is 17.7 Å². The number of pyridine rings is 1. The van der Waals surface area contributed by atoms with Gasteiger partial charge in [0.1, 0.15) is 21.9 Å². The van der Waals surface area contributed by atoms with E-state index in [-0.39, 0.29) is 5.56 Å². The van der Waals surface area contributed by atoms with E-state index in [4.69, 9.17) is 11.6 Å². The molecular formula is C15H8BrClFN5. The number of nitrogens with zero attached hydrogens (tertiary/aromatic N) is 3. The summed E-state index contributed by atoms with van der Waals surface area (Å²) in [6.45, 7) is 0. The molecule has 5 nitrogen and oxygen atoms in total. The van der Waals surface area contributed by atoms with Gasteiger partial charge in [-0.25, -0.2) is 19.3 Å². The minimum Gasteiger partial charge on any atom is -0.335 e. The molecule has 2 N–H and O–H groups in total. The number of imidazole rings is 2. The lowest BCUT2D eigenvalue weighted by molar-refractivity contribution is 0.630. The molecule has 0 spiro atoms. The monoisotopic (exact) mass is 391 g/mol. The molecule has 0 radical (unpaired) electrons. The van der Waals surface area contributed by atoms with E-state index in [9.17, 15) is 4.39 Å². The van der Waals surface area contributed by atoms with Gasteiger partial charge in [-0.05, 0) is 40.2 Å². The van der Waals surface area contributed by atoms with Crippen LogP contribution in [0.3, 0.4) is 0 Å². The highest BCUT2D eigenvalue weighted by Gasteiger charge is 2.15. The number of aromatic nitrogens is 5. The first-order valence-corrected chi connectivity index (χ1v) is 7.81. The van der Waals surface area contributed by atoms with Crippen molar-refractivity contribution in [2.75, 3.05) is 0 Å². The SMILES string of the molecule is Fc1cccc(Cl)c1-c1ncc(-c2nc3nc(Br)ccc3[nH]2)[nH]1. The maximum Gasteiger partial charge on any atom is 0.179 e. The van der Waals surface area contributed by atoms with E-state index in [1.54, 1.807) is 18.3 Å². The summed E-state index contributed by atoms with van der Waals surface area (Å²) < 4.78 is 14.7. The van der Waals surface area contributed by atoms with E-state index in [0.717, 1.165) is 5.52 Å². The zero-order chi connectivity index (χ0) is 16.0. The van der Waals surface area contributed by atoms with Gasteiger partial charge in [0, 0.05) is 0 Å². The van der Waals surface area contributed by atoms with Gasteiger partial charge in [-0.3, -0.25) is 0 Å². The number of fused-ring (bicyclic) bond motifs is 1. The summed E-state index contributed by atoms with van der Waals surface area (Å²) in [6, 6.07) is 8.19. The Morgan fingerprint density at radius 3 is 2.74 bits per heavy atom. The second kappa shape index (κ2) is 5.43. The molecule has 0 saturated carbocycles. The fraction of sp³-hybridized carbons (Fsp3) is 0. The molecule has 0 aliphatic heterocycles. The minimum absolute atomic E-state index is 0.234. The van der Waals surface area contributed by atoms with Crippen LogP contribution in [0.15, 0.2) is 41.1 Å². The molecule has 4 aromatic rings. The van der Waals surface area contributed by atoms with Crippen molar-refractivity contribution in [1.29, 1.82) is 0 Å². The lowest BCUT2D eigenvalue weighted by Crippen LogP contribution is -1.88. The van der Waals surface area contributed by atoms with Crippen LogP contribution in [0, 0.1) is 5.82 Å². The van der Waals surface area contributed by atoms with E-state index in [1.807, 2.05) is 12.1 Å². The van der Waals surface area contributed by atoms with Crippen LogP contribution < -0.4 is 0 Å². The summed E-state index contributed by atoms with van der Waals surface area (Å²) in [5, 5.41) is 0.293. The molecule has 8 heteroatoms. The highest BCUT2D eigenvalue weighted by atomic mass is 79.9. The lowest BCUT2D eigenvalue weighted by atomic mass is 10.2. The van der Waals surface area contributed by atoms with Crippen molar-refractivity contribution >= 4 is 38.7 Å². The molecule has 0 amide bonds. The zero-order valence-electron chi connectivity index (χ0n) is 11.4. The molecule has 0 aliphatic rings. The van der Waals surface area contributed by atoms with Crippen LogP contribution in [0.5, 0.6) is 0 Å². The van der Waals surface area contributed by atoms with Crippen LogP contribution in [0.1, 0.15) is 0 Å². The first-order valence-electron chi connectivity index (χ1n) is 6.64. The summed E-state index contributed by atoms with van der Waals surface area (Å²) >= 11 is 9.37. The highest BCUT2D eigenvalue weighted by Crippen LogP contribution is 2.30. The Morgan fingerprint density at radius 1 is 1.04 bits per heavy atom. The molecule has 1 aromatic carbocycles. The second-order valence-electron chi connectivity index (χ2n) is 4.83. The van der Waals surface area contributed by atoms with Gasteiger partial charge in [0.2, 0.25) is 0 Å². The van der Waals surface area contributed by atoms with Crippen LogP contribution in [-0.4, -0.2) is 24.9 Å². The number of hydrogen-bond donors (Lipinski definition) is 2. The highest BCUT2D eigenvalue weighted by molar-refractivity contribution is 9.10. The summed E-state index contributed by atoms with van der Waals surface area (Å²) in [7, 11) is 0. The Hall–Kier alpha value is -2.25. The van der Waals surface area contributed by atoms with Gasteiger partial charge in [0.25, 0.3) is 0 Å². The molecule has 0 fully saturated rings. The van der Waals surface area contributed by atoms with E-state index in [1.165, 1.54) is 6.07 Å². The topological polar surface area (TPSA) is 70.2 Å². The smallest absolute Gasteiger partial charge is 0.179 e. The number of nitrogens with one attached hydrogen (secondary N) is 2. The third-order valence-corrected chi connectivity index (χ3v) is 4.10. The van der Waals surface area contributed by atoms with E-state index in [2.05, 4.69) is 40.8 Å². The van der Waals surface area contributed by atoms with Gasteiger partial charge >= 0.3 is 0 Å². The molecule has 4 rings (SSSR count). The first kappa shape index (κ1) is 14.3. The Bertz CT molecular complexity index is 1010. The molecule has 23 heavy (non-hydrogen) atoms. The van der Waals surface area contributed by atoms with Crippen LogP contribution in [0.25, 0.3) is 34.1 Å². The lowest BCUT2D eigenvalue weighted by Gasteiger charge is -2.01. The molecule has 0 saturated heterocycles. The second-order valence-corrected chi connectivity index (χ2v) is 6.05. The third-order valence-electron chi connectivity index (χ3n) is 3.34. The third kappa shape index (κ3) is 2.51. The van der Waals surface area contributed by atoms with Crippen LogP contribution >= 0.6 is 27.5 Å². The van der Waals surface area contributed by atoms with Crippen molar-refractivity contribution in [1.82, 2.24) is 24.9 Å². The number of H-pyrrole nitrogens is 2. The van der Waals surface area contributed by atoms with Gasteiger partial charge in [0.05, 0.1) is 22.3 Å². The van der Waals surface area contributed by atoms with Crippen LogP contribution in [0.4, 0.5) is 4.39 Å². The zero-order valence-corrected chi connectivity index (χ0v) is 13.8. The predicted molar refractivity (Wildman–Crippen MR) is 89.6 cm³/mol. The Balaban J connectivity index is 1.80. The fourth-order valence-corrected chi connectivity index (χ4v) is 2.84. The number of rotatable bonds is 2. The Labute approximate surface area is 143 Å². The minimum atomic E-state index is -0.436. The molecule has 3 aromatic heterocycles. The molecule has 0 atom stereocenters. The van der Waals surface area contributed by atoms with Crippen molar-refractivity contribution in [3.63, 3.8) is 0 Å². The first-order chi connectivity index (χ1) is 11.1. The summed E-state index contributed by atoms with van der Waals surface area (Å²) in [5.41, 5.74) is 2.23. The molecule has 0 aliphatic carbocycles. The van der Waals surface area contributed by atoms with Crippen molar-refractivity contribution in [2.24, 2.45) is 0 Å². The van der Waals surface area contributed by atoms with Crippen molar-refractivity contribution in [3.8, 4) is 22.9 Å². The van der Waals surface area contributed by atoms with Crippen LogP contribution in [0.2, 0.25) is 5.02 Å². The summed E-state index contributed by atoms with van der Waals surface area (Å²) in [4.78, 5) is 19.1. The van der Waals surface area contributed by atoms with Crippen molar-refractivity contribution < 1.29 is 4.39 Å². The van der Waals surface area contributed by atoms with Gasteiger partial charge in [0.15, 0.2) is 11.5 Å². The summed E-state index contributed by atoms with van der Waals surface area (Å²) in [6.07, 6.45) is 1.57. The molecule has 114 valence electrons. The standard InChI is InChI=1S/C15H8BrClFN5/c16-11-5-4-9-13(22-11)23-14(20-9)10-6-19-15(21-10)12-7(17)2-1-3-8(12)18/h1-6H,(H,19,21)(H,20,22,23). The largest absolute Gasteiger partial charge is 0.335 e. The van der Waals surface area contributed by atoms with E-state index >= 15 is 0 Å². The Kier molecular flexibility index (Phi) is 3.39. The average Bonchev–Trinajstić information content (AvgIpc) is 3.13. The summed E-state index contributed by atoms with van der Waals surface area (Å²) in [5.74, 6) is 0.475. The van der Waals surface area contributed by atoms with Crippen molar-refractivity contribution in [2.45, 2.75) is 0 Å². The number of benzene rings is 1. The average molecular weight is 393 g/mol. The number of hydrogen-bond acceptors (Lipinski definition) is 3. The maximum absolute atomic E-state index is 14.0. The quantitative estimate of drug-likeness (QED) is 0.491. The van der Waals surface area contributed by atoms with Crippen LogP contribution in [-0.2, 0) is 0 Å². The molecule has 0 unspecified atom stereocenters. The molecule has 0 bridgehead atoms. The predicted octanol–water partition coefficient (Wildman–Crippen LogP) is 4.57. The number of halogens is 3. The van der Waals surface area contributed by atoms with E-state index < -0.39 is 5.82 Å². The van der Waals surface area contributed by atoms with Gasteiger partial charge in [-0.2, -0.15) is 0 Å². The molecular weight excluding hydrogens is 385 g/mol. The number of aromatic amines is 2. The van der Waals surface area contributed by atoms with Crippen molar-refractivity contribution in [3.05, 3.63) is 52.0 Å². The van der Waals surface area contributed by atoms with Gasteiger partial charge < -0.3 is 9.97 Å². The van der Waals surface area contributed by atoms with E-state index in [0.29, 0.717) is 32.6 Å². The maximum atomic E-state index is 14.0. The fourth-order valence-electron chi connectivity index (χ4n) is 2.29. The normalized spacial score (nSPS) is 11.3.